The van der Waals surface area contributed by atoms with Gasteiger partial charge in [0.15, 0.2) is 0 Å². The van der Waals surface area contributed by atoms with Gasteiger partial charge in [-0.1, -0.05) is 27.5 Å². The van der Waals surface area contributed by atoms with Crippen molar-refractivity contribution in [3.05, 3.63) is 12.3 Å². The van der Waals surface area contributed by atoms with Gasteiger partial charge >= 0.3 is 6.98 Å². The quantitative estimate of drug-likeness (QED) is 0.727. The lowest BCUT2D eigenvalue weighted by Gasteiger charge is -2.54. The molecule has 1 unspecified atom stereocenters. The average Bonchev–Trinajstić information content (AvgIpc) is 2.88. The molecule has 0 saturated carbocycles. The Hall–Kier alpha value is -0.940. The van der Waals surface area contributed by atoms with Crippen LogP contribution >= 0.6 is 0 Å². The summed E-state index contributed by atoms with van der Waals surface area (Å²) in [7, 11) is 2.23. The molecule has 1 atom stereocenters. The van der Waals surface area contributed by atoms with E-state index in [0.717, 1.165) is 0 Å². The third-order valence-electron chi connectivity index (χ3n) is 5.17. The fourth-order valence-electron chi connectivity index (χ4n) is 4.33. The average molecular weight is 273 g/mol. The summed E-state index contributed by atoms with van der Waals surface area (Å²) < 4.78 is 4.75. The maximum absolute atomic E-state index is 4.57. The zero-order chi connectivity index (χ0) is 14.8. The Labute approximate surface area is 123 Å². The molecule has 5 nitrogen and oxygen atoms in total. The van der Waals surface area contributed by atoms with Gasteiger partial charge in [-0.2, -0.15) is 5.10 Å². The van der Waals surface area contributed by atoms with Crippen LogP contribution in [0.25, 0.3) is 0 Å². The van der Waals surface area contributed by atoms with Crippen LogP contribution in [0.4, 0.5) is 5.82 Å². The highest BCUT2D eigenvalue weighted by Gasteiger charge is 2.56. The van der Waals surface area contributed by atoms with E-state index >= 15 is 0 Å². The van der Waals surface area contributed by atoms with Crippen molar-refractivity contribution < 1.29 is 0 Å². The summed E-state index contributed by atoms with van der Waals surface area (Å²) in [6.45, 7) is 14.6. The minimum absolute atomic E-state index is 0.0147. The Kier molecular flexibility index (Phi) is 3.00. The SMILES string of the molecule is CB1N(C)C2N(B(C)N1C(C)C)c1ccnn1C2(C)C. The molecule has 0 aromatic carbocycles. The fourth-order valence-corrected chi connectivity index (χ4v) is 4.33. The third kappa shape index (κ3) is 1.56. The molecular weight excluding hydrogens is 248 g/mol. The second-order valence-corrected chi connectivity index (χ2v) is 7.01. The van der Waals surface area contributed by atoms with E-state index in [1.807, 2.05) is 6.20 Å². The van der Waals surface area contributed by atoms with E-state index < -0.39 is 0 Å². The predicted octanol–water partition coefficient (Wildman–Crippen LogP) is 1.66. The number of likely N-dealkylation sites (N-methyl/N-ethyl adjacent to an activating group) is 1. The molecule has 1 fully saturated rings. The summed E-state index contributed by atoms with van der Waals surface area (Å²) in [5, 5.41) is 4.57. The standard InChI is InChI=1S/C13H25B2N5/c1-10(2)20-14(5)17(7)12-13(3,4)19-11(8-9-16-19)18(12)15(20)6/h8-10,12H,1-7H3. The van der Waals surface area contributed by atoms with Crippen LogP contribution in [0.2, 0.25) is 13.6 Å². The van der Waals surface area contributed by atoms with Gasteiger partial charge in [0.05, 0.1) is 17.9 Å². The number of hydrogen-bond acceptors (Lipinski definition) is 4. The molecule has 2 aliphatic heterocycles. The van der Waals surface area contributed by atoms with Crippen LogP contribution in [-0.2, 0) is 5.54 Å². The number of nitrogens with zero attached hydrogens (tertiary/aromatic N) is 5. The van der Waals surface area contributed by atoms with Gasteiger partial charge in [0, 0.05) is 0 Å². The molecule has 2 aliphatic rings. The van der Waals surface area contributed by atoms with Crippen molar-refractivity contribution in [3.8, 4) is 0 Å². The molecule has 0 aliphatic carbocycles. The first kappa shape index (κ1) is 14.0. The van der Waals surface area contributed by atoms with Gasteiger partial charge in [0.1, 0.15) is 5.82 Å². The predicted molar refractivity (Wildman–Crippen MR) is 85.8 cm³/mol. The summed E-state index contributed by atoms with van der Waals surface area (Å²) >= 11 is 0. The topological polar surface area (TPSA) is 27.5 Å². The summed E-state index contributed by atoms with van der Waals surface area (Å²) in [5.74, 6) is 1.23. The van der Waals surface area contributed by atoms with Crippen molar-refractivity contribution in [3.63, 3.8) is 0 Å². The van der Waals surface area contributed by atoms with E-state index in [0.29, 0.717) is 26.2 Å². The van der Waals surface area contributed by atoms with Crippen molar-refractivity contribution in [1.82, 2.24) is 19.3 Å². The molecule has 0 N–H and O–H groups in total. The number of aromatic nitrogens is 2. The van der Waals surface area contributed by atoms with E-state index in [9.17, 15) is 0 Å². The lowest BCUT2D eigenvalue weighted by atomic mass is 9.55. The molecule has 3 heterocycles. The molecule has 20 heavy (non-hydrogen) atoms. The normalized spacial score (nSPS) is 26.4. The fraction of sp³-hybridized carbons (Fsp3) is 0.769. The Morgan fingerprint density at radius 3 is 2.50 bits per heavy atom. The van der Waals surface area contributed by atoms with Crippen molar-refractivity contribution in [2.45, 2.75) is 59.1 Å². The van der Waals surface area contributed by atoms with Crippen molar-refractivity contribution in [1.29, 1.82) is 0 Å². The lowest BCUT2D eigenvalue weighted by molar-refractivity contribution is 0.187. The maximum Gasteiger partial charge on any atom is 0.332 e. The first-order valence-electron chi connectivity index (χ1n) is 7.60. The molecule has 108 valence electrons. The van der Waals surface area contributed by atoms with Crippen molar-refractivity contribution >= 4 is 19.8 Å². The van der Waals surface area contributed by atoms with Gasteiger partial charge in [0.25, 0.3) is 6.98 Å². The molecule has 1 aromatic heterocycles. The van der Waals surface area contributed by atoms with Crippen LogP contribution in [0.1, 0.15) is 27.7 Å². The van der Waals surface area contributed by atoms with E-state index in [1.165, 1.54) is 5.82 Å². The van der Waals surface area contributed by atoms with Crippen molar-refractivity contribution in [2.75, 3.05) is 11.9 Å². The highest BCUT2D eigenvalue weighted by Crippen LogP contribution is 2.43. The molecule has 0 bridgehead atoms. The van der Waals surface area contributed by atoms with Crippen LogP contribution in [0.3, 0.4) is 0 Å². The Morgan fingerprint density at radius 2 is 1.90 bits per heavy atom. The first-order chi connectivity index (χ1) is 9.28. The summed E-state index contributed by atoms with van der Waals surface area (Å²) in [6.07, 6.45) is 2.27. The van der Waals surface area contributed by atoms with Gasteiger partial charge in [-0.3, -0.25) is 0 Å². The first-order valence-corrected chi connectivity index (χ1v) is 7.60. The van der Waals surface area contributed by atoms with Gasteiger partial charge in [0.2, 0.25) is 0 Å². The van der Waals surface area contributed by atoms with Gasteiger partial charge < -0.3 is 14.3 Å². The monoisotopic (exact) mass is 273 g/mol. The van der Waals surface area contributed by atoms with Crippen LogP contribution in [0, 0.1) is 0 Å². The molecule has 1 saturated heterocycles. The lowest BCUT2D eigenvalue weighted by Crippen LogP contribution is -2.76. The molecule has 0 radical (unpaired) electrons. The van der Waals surface area contributed by atoms with E-state index in [2.05, 4.69) is 78.6 Å². The molecule has 0 spiro atoms. The minimum Gasteiger partial charge on any atom is -0.370 e. The third-order valence-corrected chi connectivity index (χ3v) is 5.17. The molecule has 1 aromatic rings. The number of rotatable bonds is 1. The van der Waals surface area contributed by atoms with Crippen LogP contribution in [-0.4, -0.2) is 52.5 Å². The molecule has 7 heteroatoms. The number of anilines is 1. The van der Waals surface area contributed by atoms with Crippen molar-refractivity contribution in [2.24, 2.45) is 0 Å². The van der Waals surface area contributed by atoms with E-state index in [-0.39, 0.29) is 5.54 Å². The molecular formula is C13H25B2N5. The van der Waals surface area contributed by atoms with E-state index in [4.69, 9.17) is 0 Å². The summed E-state index contributed by atoms with van der Waals surface area (Å²) in [6, 6.07) is 2.66. The number of hydrogen-bond donors (Lipinski definition) is 0. The van der Waals surface area contributed by atoms with Gasteiger partial charge in [-0.05, 0) is 33.0 Å². The Morgan fingerprint density at radius 1 is 1.25 bits per heavy atom. The molecule has 3 rings (SSSR count). The second-order valence-electron chi connectivity index (χ2n) is 7.01. The highest BCUT2D eigenvalue weighted by atomic mass is 15.6. The maximum atomic E-state index is 4.57. The summed E-state index contributed by atoms with van der Waals surface area (Å²) in [5.41, 5.74) is -0.0147. The molecule has 0 amide bonds. The van der Waals surface area contributed by atoms with Gasteiger partial charge in [-0.15, -0.1) is 0 Å². The highest BCUT2D eigenvalue weighted by molar-refractivity contribution is 6.74. The zero-order valence-electron chi connectivity index (χ0n) is 13.7. The Bertz CT molecular complexity index is 515. The van der Waals surface area contributed by atoms with E-state index in [1.54, 1.807) is 0 Å². The largest absolute Gasteiger partial charge is 0.370 e. The number of fused-ring (bicyclic) bond motifs is 3. The van der Waals surface area contributed by atoms with Gasteiger partial charge in [-0.25, -0.2) is 4.68 Å². The Balaban J connectivity index is 2.10. The smallest absolute Gasteiger partial charge is 0.332 e. The second kappa shape index (κ2) is 4.28. The van der Waals surface area contributed by atoms with Crippen LogP contribution < -0.4 is 4.81 Å². The summed E-state index contributed by atoms with van der Waals surface area (Å²) in [4.78, 5) is 5.00. The van der Waals surface area contributed by atoms with Crippen LogP contribution in [0.5, 0.6) is 0 Å². The van der Waals surface area contributed by atoms with Crippen LogP contribution in [0.15, 0.2) is 12.3 Å². The zero-order valence-corrected chi connectivity index (χ0v) is 13.7. The minimum atomic E-state index is -0.0147.